The van der Waals surface area contributed by atoms with Crippen molar-refractivity contribution in [3.05, 3.63) is 34.3 Å². The van der Waals surface area contributed by atoms with Crippen LogP contribution in [-0.2, 0) is 0 Å². The summed E-state index contributed by atoms with van der Waals surface area (Å²) in [4.78, 5) is 0. The summed E-state index contributed by atoms with van der Waals surface area (Å²) < 4.78 is 6.40. The van der Waals surface area contributed by atoms with E-state index in [-0.39, 0.29) is 5.92 Å². The van der Waals surface area contributed by atoms with E-state index < -0.39 is 0 Å². The van der Waals surface area contributed by atoms with E-state index in [2.05, 4.69) is 22.0 Å². The number of rotatable bonds is 2. The van der Waals surface area contributed by atoms with Gasteiger partial charge in [-0.1, -0.05) is 28.4 Å². The van der Waals surface area contributed by atoms with Gasteiger partial charge in [0.1, 0.15) is 11.5 Å². The second kappa shape index (κ2) is 5.58. The number of aromatic hydroxyl groups is 1. The fourth-order valence-corrected chi connectivity index (χ4v) is 2.96. The standard InChI is InChI=1S/C14H17BrO2/c1-17-10-7-8-14(16)12(9-10)11-5-3-2-4-6-13(11)15/h6-9,11,16H,2-5H2,1H3. The average molecular weight is 297 g/mol. The van der Waals surface area contributed by atoms with Crippen LogP contribution in [0, 0.1) is 0 Å². The fraction of sp³-hybridized carbons (Fsp3) is 0.429. The number of methoxy groups -OCH3 is 1. The van der Waals surface area contributed by atoms with E-state index in [9.17, 15) is 5.11 Å². The van der Waals surface area contributed by atoms with E-state index in [0.29, 0.717) is 5.75 Å². The summed E-state index contributed by atoms with van der Waals surface area (Å²) in [5, 5.41) is 9.99. The van der Waals surface area contributed by atoms with E-state index >= 15 is 0 Å². The first-order valence-corrected chi connectivity index (χ1v) is 6.74. The van der Waals surface area contributed by atoms with E-state index in [4.69, 9.17) is 4.74 Å². The van der Waals surface area contributed by atoms with Crippen LogP contribution in [0.2, 0.25) is 0 Å². The molecule has 0 aromatic heterocycles. The summed E-state index contributed by atoms with van der Waals surface area (Å²) in [5.74, 6) is 1.40. The van der Waals surface area contributed by atoms with Crippen LogP contribution in [0.4, 0.5) is 0 Å². The molecule has 0 amide bonds. The second-order valence-corrected chi connectivity index (χ2v) is 5.27. The van der Waals surface area contributed by atoms with Crippen LogP contribution in [0.15, 0.2) is 28.8 Å². The van der Waals surface area contributed by atoms with E-state index in [1.807, 2.05) is 6.07 Å². The first-order valence-electron chi connectivity index (χ1n) is 5.95. The Kier molecular flexibility index (Phi) is 4.11. The molecule has 0 aliphatic heterocycles. The van der Waals surface area contributed by atoms with Crippen molar-refractivity contribution in [2.75, 3.05) is 7.11 Å². The van der Waals surface area contributed by atoms with Gasteiger partial charge in [0.15, 0.2) is 0 Å². The van der Waals surface area contributed by atoms with Gasteiger partial charge < -0.3 is 9.84 Å². The number of hydrogen-bond acceptors (Lipinski definition) is 2. The minimum Gasteiger partial charge on any atom is -0.508 e. The molecule has 17 heavy (non-hydrogen) atoms. The van der Waals surface area contributed by atoms with Crippen molar-refractivity contribution >= 4 is 15.9 Å². The maximum absolute atomic E-state index is 9.99. The third kappa shape index (κ3) is 2.83. The molecule has 1 aliphatic carbocycles. The predicted octanol–water partition coefficient (Wildman–Crippen LogP) is 4.34. The van der Waals surface area contributed by atoms with E-state index in [0.717, 1.165) is 24.2 Å². The Labute approximate surface area is 110 Å². The number of allylic oxidation sites excluding steroid dienone is 2. The molecule has 0 radical (unpaired) electrons. The number of phenols is 1. The topological polar surface area (TPSA) is 29.5 Å². The molecule has 1 atom stereocenters. The number of hydrogen-bond donors (Lipinski definition) is 1. The van der Waals surface area contributed by atoms with E-state index in [1.54, 1.807) is 19.2 Å². The highest BCUT2D eigenvalue weighted by molar-refractivity contribution is 9.11. The number of benzene rings is 1. The highest BCUT2D eigenvalue weighted by Crippen LogP contribution is 2.41. The molecule has 2 rings (SSSR count). The van der Waals surface area contributed by atoms with Crippen molar-refractivity contribution in [3.8, 4) is 11.5 Å². The average Bonchev–Trinajstić information content (AvgIpc) is 2.55. The van der Waals surface area contributed by atoms with Crippen LogP contribution in [-0.4, -0.2) is 12.2 Å². The minimum atomic E-state index is 0.257. The van der Waals surface area contributed by atoms with Crippen LogP contribution >= 0.6 is 15.9 Å². The lowest BCUT2D eigenvalue weighted by atomic mass is 9.93. The van der Waals surface area contributed by atoms with Crippen molar-refractivity contribution in [3.63, 3.8) is 0 Å². The van der Waals surface area contributed by atoms with E-state index in [1.165, 1.54) is 17.3 Å². The summed E-state index contributed by atoms with van der Waals surface area (Å²) in [6.07, 6.45) is 6.81. The van der Waals surface area contributed by atoms with Gasteiger partial charge in [0.25, 0.3) is 0 Å². The Bertz CT molecular complexity index is 426. The highest BCUT2D eigenvalue weighted by atomic mass is 79.9. The molecule has 1 aromatic carbocycles. The molecule has 0 fully saturated rings. The number of phenolic OH excluding ortho intramolecular Hbond substituents is 1. The second-order valence-electron chi connectivity index (χ2n) is 4.35. The van der Waals surface area contributed by atoms with Crippen molar-refractivity contribution in [1.29, 1.82) is 0 Å². The molecule has 0 saturated carbocycles. The zero-order valence-corrected chi connectivity index (χ0v) is 11.5. The molecule has 0 heterocycles. The first-order chi connectivity index (χ1) is 8.22. The fourth-order valence-electron chi connectivity index (χ4n) is 2.26. The summed E-state index contributed by atoms with van der Waals surface area (Å²) in [7, 11) is 1.65. The number of ether oxygens (including phenoxy) is 1. The Morgan fingerprint density at radius 1 is 1.35 bits per heavy atom. The summed E-state index contributed by atoms with van der Waals surface area (Å²) in [6.45, 7) is 0. The van der Waals surface area contributed by atoms with Crippen molar-refractivity contribution in [2.24, 2.45) is 0 Å². The summed E-state index contributed by atoms with van der Waals surface area (Å²) >= 11 is 3.63. The Hall–Kier alpha value is -0.960. The molecule has 0 saturated heterocycles. The van der Waals surface area contributed by atoms with Crippen molar-refractivity contribution < 1.29 is 9.84 Å². The Balaban J connectivity index is 2.37. The molecule has 1 unspecified atom stereocenters. The Morgan fingerprint density at radius 3 is 2.94 bits per heavy atom. The largest absolute Gasteiger partial charge is 0.508 e. The van der Waals surface area contributed by atoms with Crippen molar-refractivity contribution in [2.45, 2.75) is 31.6 Å². The molecule has 0 spiro atoms. The highest BCUT2D eigenvalue weighted by Gasteiger charge is 2.20. The van der Waals surface area contributed by atoms with Crippen LogP contribution in [0.25, 0.3) is 0 Å². The van der Waals surface area contributed by atoms with Gasteiger partial charge in [0.05, 0.1) is 7.11 Å². The lowest BCUT2D eigenvalue weighted by molar-refractivity contribution is 0.409. The quantitative estimate of drug-likeness (QED) is 0.880. The van der Waals surface area contributed by atoms with Gasteiger partial charge >= 0.3 is 0 Å². The summed E-state index contributed by atoms with van der Waals surface area (Å²) in [6, 6.07) is 5.42. The zero-order valence-electron chi connectivity index (χ0n) is 9.95. The molecule has 1 aromatic rings. The number of halogens is 1. The smallest absolute Gasteiger partial charge is 0.119 e. The molecule has 2 nitrogen and oxygen atoms in total. The van der Waals surface area contributed by atoms with Gasteiger partial charge in [-0.25, -0.2) is 0 Å². The van der Waals surface area contributed by atoms with Crippen molar-refractivity contribution in [1.82, 2.24) is 0 Å². The molecular weight excluding hydrogens is 280 g/mol. The van der Waals surface area contributed by atoms with Crippen LogP contribution in [0.1, 0.15) is 37.2 Å². The molecule has 92 valence electrons. The SMILES string of the molecule is COc1ccc(O)c(C2CCCCC=C2Br)c1. The van der Waals surface area contributed by atoms with Crippen LogP contribution in [0.5, 0.6) is 11.5 Å². The van der Waals surface area contributed by atoms with Gasteiger partial charge in [-0.2, -0.15) is 0 Å². The van der Waals surface area contributed by atoms with Crippen LogP contribution in [0.3, 0.4) is 0 Å². The monoisotopic (exact) mass is 296 g/mol. The molecule has 1 N–H and O–H groups in total. The first kappa shape index (κ1) is 12.5. The van der Waals surface area contributed by atoms with Crippen LogP contribution < -0.4 is 4.74 Å². The van der Waals surface area contributed by atoms with Gasteiger partial charge in [-0.3, -0.25) is 0 Å². The lowest BCUT2D eigenvalue weighted by Gasteiger charge is -2.17. The molecule has 1 aliphatic rings. The minimum absolute atomic E-state index is 0.257. The third-order valence-electron chi connectivity index (χ3n) is 3.23. The van der Waals surface area contributed by atoms with Gasteiger partial charge in [-0.15, -0.1) is 0 Å². The maximum Gasteiger partial charge on any atom is 0.119 e. The van der Waals surface area contributed by atoms with Gasteiger partial charge in [0.2, 0.25) is 0 Å². The third-order valence-corrected chi connectivity index (χ3v) is 4.11. The predicted molar refractivity (Wildman–Crippen MR) is 72.9 cm³/mol. The normalized spacial score (nSPS) is 20.6. The lowest BCUT2D eigenvalue weighted by Crippen LogP contribution is -1.99. The molecular formula is C14H17BrO2. The molecule has 3 heteroatoms. The maximum atomic E-state index is 9.99. The molecule has 0 bridgehead atoms. The Morgan fingerprint density at radius 2 is 2.18 bits per heavy atom. The zero-order chi connectivity index (χ0) is 12.3. The van der Waals surface area contributed by atoms with Gasteiger partial charge in [-0.05, 0) is 41.9 Å². The summed E-state index contributed by atoms with van der Waals surface area (Å²) in [5.41, 5.74) is 0.953. The van der Waals surface area contributed by atoms with Gasteiger partial charge in [0, 0.05) is 11.5 Å².